The maximum absolute atomic E-state index is 12.2. The molecule has 0 spiro atoms. The highest BCUT2D eigenvalue weighted by Crippen LogP contribution is 2.29. The minimum absolute atomic E-state index is 0.0121. The van der Waals surface area contributed by atoms with E-state index in [-0.39, 0.29) is 23.7 Å². The maximum atomic E-state index is 12.2. The molecule has 5 heteroatoms. The summed E-state index contributed by atoms with van der Waals surface area (Å²) in [6.07, 6.45) is 1.88. The molecule has 0 radical (unpaired) electrons. The smallest absolute Gasteiger partial charge is 0.232 e. The second-order valence-electron chi connectivity index (χ2n) is 7.49. The van der Waals surface area contributed by atoms with E-state index in [1.165, 1.54) is 17.6 Å². The van der Waals surface area contributed by atoms with Crippen LogP contribution in [0, 0.1) is 24.7 Å². The molecular weight excluding hydrogens is 332 g/mol. The summed E-state index contributed by atoms with van der Waals surface area (Å²) in [5, 5.41) is 0. The Labute approximate surface area is 155 Å². The first-order valence-electron chi connectivity index (χ1n) is 9.15. The lowest BCUT2D eigenvalue weighted by atomic mass is 9.87. The van der Waals surface area contributed by atoms with E-state index in [4.69, 9.17) is 0 Å². The molecule has 1 aromatic carbocycles. The number of hydrogen-bond donors (Lipinski definition) is 1. The van der Waals surface area contributed by atoms with Gasteiger partial charge in [-0.2, -0.15) is 0 Å². The topological polar surface area (TPSA) is 49.4 Å². The van der Waals surface area contributed by atoms with Gasteiger partial charge < -0.3 is 4.90 Å². The van der Waals surface area contributed by atoms with Gasteiger partial charge in [0.25, 0.3) is 0 Å². The Morgan fingerprint density at radius 1 is 1.12 bits per heavy atom. The number of aryl methyl sites for hydroxylation is 1. The molecule has 2 rings (SSSR count). The van der Waals surface area contributed by atoms with Gasteiger partial charge in [0.15, 0.2) is 0 Å². The molecule has 4 nitrogen and oxygen atoms in total. The third-order valence-electron chi connectivity index (χ3n) is 4.78. The first-order chi connectivity index (χ1) is 11.8. The Bertz CT molecular complexity index is 620. The zero-order valence-electron chi connectivity index (χ0n) is 16.0. The van der Waals surface area contributed by atoms with Gasteiger partial charge >= 0.3 is 0 Å². The fourth-order valence-corrected chi connectivity index (χ4v) is 3.86. The van der Waals surface area contributed by atoms with Gasteiger partial charge in [-0.05, 0) is 55.5 Å². The van der Waals surface area contributed by atoms with Crippen molar-refractivity contribution >= 4 is 29.3 Å². The van der Waals surface area contributed by atoms with Crippen molar-refractivity contribution in [2.45, 2.75) is 52.4 Å². The summed E-state index contributed by atoms with van der Waals surface area (Å²) in [6.45, 7) is 11.7. The highest BCUT2D eigenvalue weighted by atomic mass is 32.2. The summed E-state index contributed by atoms with van der Waals surface area (Å²) in [5.74, 6) is 0.797. The van der Waals surface area contributed by atoms with Crippen LogP contribution in [0.25, 0.3) is 0 Å². The van der Waals surface area contributed by atoms with Gasteiger partial charge in [-0.15, -0.1) is 0 Å². The van der Waals surface area contributed by atoms with Crippen LogP contribution >= 0.6 is 11.9 Å². The monoisotopic (exact) mass is 362 g/mol. The summed E-state index contributed by atoms with van der Waals surface area (Å²) < 4.78 is 2.89. The molecule has 0 aliphatic carbocycles. The highest BCUT2D eigenvalue weighted by Gasteiger charge is 2.26. The third-order valence-corrected chi connectivity index (χ3v) is 5.76. The lowest BCUT2D eigenvalue weighted by molar-refractivity contribution is -0.126. The number of anilines is 1. The molecular formula is C20H30N2O2S. The van der Waals surface area contributed by atoms with Crippen molar-refractivity contribution in [3.05, 3.63) is 23.8 Å². The largest absolute Gasteiger partial charge is 0.371 e. The van der Waals surface area contributed by atoms with Gasteiger partial charge in [0.05, 0.1) is 0 Å². The molecule has 0 bridgehead atoms. The minimum atomic E-state index is -0.0121. The second kappa shape index (κ2) is 8.75. The molecule has 1 fully saturated rings. The van der Waals surface area contributed by atoms with Gasteiger partial charge in [0, 0.05) is 41.4 Å². The van der Waals surface area contributed by atoms with Crippen LogP contribution in [0.15, 0.2) is 23.1 Å². The Kier molecular flexibility index (Phi) is 6.94. The Balaban J connectivity index is 1.95. The van der Waals surface area contributed by atoms with Gasteiger partial charge in [-0.25, -0.2) is 0 Å². The number of Topliss-reactive ketones (excluding diaryl/α,β-unsaturated/α-hetero) is 1. The molecule has 1 aromatic rings. The molecule has 1 amide bonds. The molecule has 1 saturated heterocycles. The van der Waals surface area contributed by atoms with E-state index >= 15 is 0 Å². The fourth-order valence-electron chi connectivity index (χ4n) is 3.06. The molecule has 1 aliphatic rings. The lowest BCUT2D eigenvalue weighted by Crippen LogP contribution is -2.37. The van der Waals surface area contributed by atoms with E-state index in [2.05, 4.69) is 34.7 Å². The lowest BCUT2D eigenvalue weighted by Gasteiger charge is -2.34. The number of carbonyl (C=O) groups excluding carboxylic acids is 2. The fraction of sp³-hybridized carbons (Fsp3) is 0.600. The summed E-state index contributed by atoms with van der Waals surface area (Å²) >= 11 is 1.38. The van der Waals surface area contributed by atoms with E-state index in [0.717, 1.165) is 36.4 Å². The standard InChI is InChI=1S/C20H30N2O2S/c1-13(2)19(23)16-8-10-22(11-9-16)17-6-7-18(15(5)12-17)25-21-20(24)14(3)4/h6-7,12-14,16H,8-11H2,1-5H3,(H,21,24). The average Bonchev–Trinajstić information content (AvgIpc) is 2.59. The van der Waals surface area contributed by atoms with E-state index in [0.29, 0.717) is 5.78 Å². The summed E-state index contributed by atoms with van der Waals surface area (Å²) in [6, 6.07) is 6.36. The maximum Gasteiger partial charge on any atom is 0.232 e. The molecule has 0 unspecified atom stereocenters. The third kappa shape index (κ3) is 5.24. The van der Waals surface area contributed by atoms with Crippen LogP contribution in [-0.2, 0) is 9.59 Å². The normalized spacial score (nSPS) is 15.7. The first-order valence-corrected chi connectivity index (χ1v) is 9.97. The number of benzene rings is 1. The summed E-state index contributed by atoms with van der Waals surface area (Å²) in [5.41, 5.74) is 2.36. The van der Waals surface area contributed by atoms with E-state index in [9.17, 15) is 9.59 Å². The van der Waals surface area contributed by atoms with Crippen molar-refractivity contribution in [1.29, 1.82) is 0 Å². The molecule has 1 aliphatic heterocycles. The Hall–Kier alpha value is -1.49. The number of piperidine rings is 1. The van der Waals surface area contributed by atoms with E-state index in [1.54, 1.807) is 0 Å². The number of amides is 1. The van der Waals surface area contributed by atoms with Crippen LogP contribution in [-0.4, -0.2) is 24.8 Å². The zero-order chi connectivity index (χ0) is 18.6. The van der Waals surface area contributed by atoms with E-state index in [1.807, 2.05) is 27.7 Å². The molecule has 138 valence electrons. The first kappa shape index (κ1) is 19.8. The minimum Gasteiger partial charge on any atom is -0.371 e. The van der Waals surface area contributed by atoms with Gasteiger partial charge in [0.1, 0.15) is 5.78 Å². The predicted molar refractivity (Wildman–Crippen MR) is 105 cm³/mol. The quantitative estimate of drug-likeness (QED) is 0.770. The number of ketones is 1. The molecule has 1 heterocycles. The van der Waals surface area contributed by atoms with Crippen molar-refractivity contribution in [2.24, 2.45) is 17.8 Å². The molecule has 0 saturated carbocycles. The van der Waals surface area contributed by atoms with Gasteiger partial charge in [-0.3, -0.25) is 14.3 Å². The number of nitrogens with zero attached hydrogens (tertiary/aromatic N) is 1. The van der Waals surface area contributed by atoms with Crippen molar-refractivity contribution < 1.29 is 9.59 Å². The summed E-state index contributed by atoms with van der Waals surface area (Å²) in [4.78, 5) is 27.3. The van der Waals surface area contributed by atoms with Gasteiger partial charge in [0.2, 0.25) is 5.91 Å². The van der Waals surface area contributed by atoms with Crippen molar-refractivity contribution in [3.8, 4) is 0 Å². The van der Waals surface area contributed by atoms with Crippen LogP contribution in [0.4, 0.5) is 5.69 Å². The van der Waals surface area contributed by atoms with Crippen molar-refractivity contribution in [2.75, 3.05) is 18.0 Å². The molecule has 1 N–H and O–H groups in total. The second-order valence-corrected chi connectivity index (χ2v) is 8.34. The van der Waals surface area contributed by atoms with Crippen LogP contribution < -0.4 is 9.62 Å². The van der Waals surface area contributed by atoms with Gasteiger partial charge in [-0.1, -0.05) is 27.7 Å². The zero-order valence-corrected chi connectivity index (χ0v) is 16.8. The number of hydrogen-bond acceptors (Lipinski definition) is 4. The predicted octanol–water partition coefficient (Wildman–Crippen LogP) is 4.22. The molecule has 0 aromatic heterocycles. The molecule has 0 atom stereocenters. The van der Waals surface area contributed by atoms with Crippen molar-refractivity contribution in [1.82, 2.24) is 4.72 Å². The van der Waals surface area contributed by atoms with Crippen LogP contribution in [0.5, 0.6) is 0 Å². The number of nitrogens with one attached hydrogen (secondary N) is 1. The SMILES string of the molecule is Cc1cc(N2CCC(C(=O)C(C)C)CC2)ccc1SNC(=O)C(C)C. The molecule has 25 heavy (non-hydrogen) atoms. The van der Waals surface area contributed by atoms with Crippen LogP contribution in [0.2, 0.25) is 0 Å². The highest BCUT2D eigenvalue weighted by molar-refractivity contribution is 7.98. The average molecular weight is 363 g/mol. The number of rotatable bonds is 6. The Morgan fingerprint density at radius 2 is 1.76 bits per heavy atom. The van der Waals surface area contributed by atoms with Crippen LogP contribution in [0.1, 0.15) is 46.1 Å². The Morgan fingerprint density at radius 3 is 2.28 bits per heavy atom. The number of carbonyl (C=O) groups is 2. The van der Waals surface area contributed by atoms with E-state index < -0.39 is 0 Å². The van der Waals surface area contributed by atoms with Crippen LogP contribution in [0.3, 0.4) is 0 Å². The van der Waals surface area contributed by atoms with Crippen molar-refractivity contribution in [3.63, 3.8) is 0 Å². The summed E-state index contributed by atoms with van der Waals surface area (Å²) in [7, 11) is 0.